The van der Waals surface area contributed by atoms with Crippen LogP contribution >= 0.6 is 11.3 Å². The van der Waals surface area contributed by atoms with Crippen molar-refractivity contribution in [1.29, 1.82) is 0 Å². The zero-order valence-corrected chi connectivity index (χ0v) is 27.0. The molecule has 0 spiro atoms. The molecule has 2 heterocycles. The summed E-state index contributed by atoms with van der Waals surface area (Å²) in [6, 6.07) is 9.38. The van der Waals surface area contributed by atoms with Crippen LogP contribution in [-0.4, -0.2) is 47.9 Å². The maximum absolute atomic E-state index is 13.2. The standard InChI is InChI=1S/C34H35F3N2O7S/c1-17(2)43-26-14-21(32(40)41-3)15-27-29(26)38-33(47-27)44-30-19-10-11-20(30)13-22(12-19)42-16-24-28(39-46-31(24)18-8-9-18)23-6-4-5-7-25(23)45-34(35,36)37/h4-7,14-15,17-20,22,30H,8-13,16H2,1-3H3/t19-,20+,22+,30-. The van der Waals surface area contributed by atoms with Gasteiger partial charge in [0.25, 0.3) is 5.19 Å². The average molecular weight is 673 g/mol. The van der Waals surface area contributed by atoms with Crippen LogP contribution in [0.4, 0.5) is 13.2 Å². The zero-order chi connectivity index (χ0) is 32.9. The molecule has 2 bridgehead atoms. The number of nitrogens with zero attached hydrogens (tertiary/aromatic N) is 2. The van der Waals surface area contributed by atoms with Crippen LogP contribution in [0, 0.1) is 11.8 Å². The number of hydrogen-bond acceptors (Lipinski definition) is 10. The van der Waals surface area contributed by atoms with E-state index >= 15 is 0 Å². The van der Waals surface area contributed by atoms with Gasteiger partial charge in [-0.2, -0.15) is 4.98 Å². The Hall–Kier alpha value is -3.84. The molecule has 7 rings (SSSR count). The number of alkyl halides is 3. The number of thiazole rings is 1. The largest absolute Gasteiger partial charge is 0.573 e. The maximum atomic E-state index is 13.2. The summed E-state index contributed by atoms with van der Waals surface area (Å²) in [5.41, 5.74) is 2.25. The first-order chi connectivity index (χ1) is 22.6. The first kappa shape index (κ1) is 31.7. The Morgan fingerprint density at radius 2 is 1.81 bits per heavy atom. The fourth-order valence-electron chi connectivity index (χ4n) is 6.89. The summed E-state index contributed by atoms with van der Waals surface area (Å²) in [6.45, 7) is 4.01. The quantitative estimate of drug-likeness (QED) is 0.145. The van der Waals surface area contributed by atoms with Gasteiger partial charge >= 0.3 is 12.3 Å². The predicted molar refractivity (Wildman–Crippen MR) is 166 cm³/mol. The number of fused-ring (bicyclic) bond motifs is 3. The molecule has 0 unspecified atom stereocenters. The molecule has 3 saturated carbocycles. The van der Waals surface area contributed by atoms with Crippen LogP contribution in [0.25, 0.3) is 21.5 Å². The number of benzene rings is 2. The lowest BCUT2D eigenvalue weighted by Gasteiger charge is -2.34. The van der Waals surface area contributed by atoms with Crippen LogP contribution in [0.2, 0.25) is 0 Å². The summed E-state index contributed by atoms with van der Waals surface area (Å²) in [5.74, 6) is 1.11. The van der Waals surface area contributed by atoms with E-state index in [0.717, 1.165) is 43.2 Å². The van der Waals surface area contributed by atoms with Gasteiger partial charge in [-0.3, -0.25) is 0 Å². The molecule has 3 fully saturated rings. The van der Waals surface area contributed by atoms with Crippen LogP contribution in [0.5, 0.6) is 16.7 Å². The van der Waals surface area contributed by atoms with Gasteiger partial charge in [-0.15, -0.1) is 13.2 Å². The number of carbonyl (C=O) groups excluding carboxylic acids is 1. The van der Waals surface area contributed by atoms with Gasteiger partial charge in [-0.05, 0) is 88.5 Å². The topological polar surface area (TPSA) is 102 Å². The summed E-state index contributed by atoms with van der Waals surface area (Å²) in [4.78, 5) is 17.1. The minimum Gasteiger partial charge on any atom is -0.489 e. The lowest BCUT2D eigenvalue weighted by Crippen LogP contribution is -2.38. The van der Waals surface area contributed by atoms with E-state index < -0.39 is 12.3 Å². The van der Waals surface area contributed by atoms with Crippen molar-refractivity contribution in [2.24, 2.45) is 11.8 Å². The Labute approximate surface area is 273 Å². The molecule has 3 aliphatic carbocycles. The molecule has 47 heavy (non-hydrogen) atoms. The van der Waals surface area contributed by atoms with Crippen molar-refractivity contribution in [2.45, 2.75) is 89.6 Å². The third-order valence-electron chi connectivity index (χ3n) is 9.03. The highest BCUT2D eigenvalue weighted by molar-refractivity contribution is 7.20. The number of esters is 1. The molecular formula is C34H35F3N2O7S. The van der Waals surface area contributed by atoms with E-state index in [2.05, 4.69) is 9.89 Å². The molecule has 3 aliphatic rings. The van der Waals surface area contributed by atoms with Crippen molar-refractivity contribution in [2.75, 3.05) is 7.11 Å². The van der Waals surface area contributed by atoms with Crippen LogP contribution in [0.1, 0.15) is 80.0 Å². The monoisotopic (exact) mass is 672 g/mol. The van der Waals surface area contributed by atoms with E-state index in [0.29, 0.717) is 39.0 Å². The first-order valence-electron chi connectivity index (χ1n) is 15.9. The molecule has 0 radical (unpaired) electrons. The number of rotatable bonds is 11. The van der Waals surface area contributed by atoms with Gasteiger partial charge in [0.05, 0.1) is 36.2 Å². The summed E-state index contributed by atoms with van der Waals surface area (Å²) < 4.78 is 74.2. The van der Waals surface area contributed by atoms with Crippen LogP contribution in [0.3, 0.4) is 0 Å². The summed E-state index contributed by atoms with van der Waals surface area (Å²) in [5, 5.41) is 4.73. The summed E-state index contributed by atoms with van der Waals surface area (Å²) in [6.07, 6.45) is 0.437. The molecular weight excluding hydrogens is 637 g/mol. The molecule has 0 saturated heterocycles. The van der Waals surface area contributed by atoms with Crippen molar-refractivity contribution >= 4 is 27.5 Å². The second-order valence-electron chi connectivity index (χ2n) is 12.7. The number of carbonyl (C=O) groups is 1. The summed E-state index contributed by atoms with van der Waals surface area (Å²) in [7, 11) is 1.34. The molecule has 0 amide bonds. The Balaban J connectivity index is 1.06. The predicted octanol–water partition coefficient (Wildman–Crippen LogP) is 8.45. The molecule has 250 valence electrons. The highest BCUT2D eigenvalue weighted by Gasteiger charge is 2.45. The van der Waals surface area contributed by atoms with E-state index in [1.807, 2.05) is 13.8 Å². The second kappa shape index (κ2) is 12.6. The molecule has 9 nitrogen and oxygen atoms in total. The van der Waals surface area contributed by atoms with Crippen LogP contribution < -0.4 is 14.2 Å². The normalized spacial score (nSPS) is 22.5. The lowest BCUT2D eigenvalue weighted by molar-refractivity contribution is -0.274. The lowest BCUT2D eigenvalue weighted by atomic mass is 9.84. The molecule has 4 atom stereocenters. The van der Waals surface area contributed by atoms with Gasteiger partial charge in [0.15, 0.2) is 0 Å². The number of hydrogen-bond donors (Lipinski definition) is 0. The third-order valence-corrected chi connectivity index (χ3v) is 9.92. The third kappa shape index (κ3) is 6.78. The Kier molecular flexibility index (Phi) is 8.54. The van der Waals surface area contributed by atoms with E-state index in [9.17, 15) is 18.0 Å². The Bertz CT molecular complexity index is 1750. The zero-order valence-electron chi connectivity index (χ0n) is 26.2. The number of methoxy groups -OCH3 is 1. The summed E-state index contributed by atoms with van der Waals surface area (Å²) >= 11 is 1.38. The minimum atomic E-state index is -4.84. The number of para-hydroxylation sites is 1. The van der Waals surface area contributed by atoms with Crippen LogP contribution in [-0.2, 0) is 16.1 Å². The fraction of sp³-hybridized carbons (Fsp3) is 0.500. The molecule has 2 aromatic carbocycles. The van der Waals surface area contributed by atoms with Crippen molar-refractivity contribution in [3.63, 3.8) is 0 Å². The maximum Gasteiger partial charge on any atom is 0.573 e. The van der Waals surface area contributed by atoms with Gasteiger partial charge in [0.2, 0.25) is 0 Å². The van der Waals surface area contributed by atoms with Gasteiger partial charge < -0.3 is 28.2 Å². The minimum absolute atomic E-state index is 0.0236. The molecule has 0 aliphatic heterocycles. The van der Waals surface area contributed by atoms with Gasteiger partial charge in [-0.1, -0.05) is 28.6 Å². The van der Waals surface area contributed by atoms with Gasteiger partial charge in [-0.25, -0.2) is 4.79 Å². The molecule has 13 heteroatoms. The first-order valence-corrected chi connectivity index (χ1v) is 16.7. The number of ether oxygens (including phenoxy) is 5. The van der Waals surface area contributed by atoms with E-state index in [4.69, 9.17) is 28.5 Å². The molecule has 4 aromatic rings. The van der Waals surface area contributed by atoms with Gasteiger partial charge in [0, 0.05) is 17.0 Å². The van der Waals surface area contributed by atoms with E-state index in [-0.39, 0.29) is 54.0 Å². The highest BCUT2D eigenvalue weighted by Crippen LogP contribution is 2.49. The molecule has 0 N–H and O–H groups in total. The van der Waals surface area contributed by atoms with Crippen molar-refractivity contribution in [3.05, 3.63) is 53.3 Å². The Morgan fingerprint density at radius 3 is 2.49 bits per heavy atom. The SMILES string of the molecule is COC(=O)c1cc(OC(C)C)c2nc(O[C@@H]3[C@@H]4CC[C@H]3C[C@@H](OCc3c(-c5ccccc5OC(F)(F)F)noc3C3CC3)C4)sc2c1. The average Bonchev–Trinajstić information content (AvgIpc) is 3.58. The molecule has 2 aromatic heterocycles. The number of halogens is 3. The smallest absolute Gasteiger partial charge is 0.489 e. The van der Waals surface area contributed by atoms with E-state index in [1.165, 1.54) is 30.6 Å². The van der Waals surface area contributed by atoms with Crippen LogP contribution in [0.15, 0.2) is 40.9 Å². The number of aromatic nitrogens is 2. The van der Waals surface area contributed by atoms with Crippen molar-refractivity contribution in [3.8, 4) is 28.0 Å². The fourth-order valence-corrected chi connectivity index (χ4v) is 7.80. The highest BCUT2D eigenvalue weighted by atomic mass is 32.1. The van der Waals surface area contributed by atoms with E-state index in [1.54, 1.807) is 24.3 Å². The van der Waals surface area contributed by atoms with Crippen molar-refractivity contribution < 1.29 is 46.2 Å². The van der Waals surface area contributed by atoms with Gasteiger partial charge in [0.1, 0.15) is 34.6 Å². The van der Waals surface area contributed by atoms with Crippen molar-refractivity contribution in [1.82, 2.24) is 10.1 Å². The second-order valence-corrected chi connectivity index (χ2v) is 13.7. The Morgan fingerprint density at radius 1 is 1.06 bits per heavy atom.